The molecule has 5 atom stereocenters. The van der Waals surface area contributed by atoms with Gasteiger partial charge in [-0.3, -0.25) is 14.5 Å². The van der Waals surface area contributed by atoms with Crippen molar-refractivity contribution in [3.8, 4) is 5.75 Å². The highest BCUT2D eigenvalue weighted by Crippen LogP contribution is 2.60. The van der Waals surface area contributed by atoms with Gasteiger partial charge in [0.25, 0.3) is 5.91 Å². The van der Waals surface area contributed by atoms with Crippen molar-refractivity contribution >= 4 is 29.3 Å². The van der Waals surface area contributed by atoms with Gasteiger partial charge in [-0.25, -0.2) is 4.79 Å². The maximum absolute atomic E-state index is 15.3. The predicted molar refractivity (Wildman–Crippen MR) is 204 cm³/mol. The molecule has 4 aliphatic heterocycles. The van der Waals surface area contributed by atoms with E-state index >= 15 is 4.79 Å². The fourth-order valence-corrected chi connectivity index (χ4v) is 9.55. The van der Waals surface area contributed by atoms with E-state index < -0.39 is 29.1 Å². The van der Waals surface area contributed by atoms with Gasteiger partial charge in [0.15, 0.2) is 5.60 Å². The summed E-state index contributed by atoms with van der Waals surface area (Å²) in [5.74, 6) is -0.308. The molecule has 0 aliphatic carbocycles. The summed E-state index contributed by atoms with van der Waals surface area (Å²) in [6.45, 7) is 7.63. The number of aliphatic hydroxyl groups excluding tert-OH is 1. The molecule has 4 heterocycles. The van der Waals surface area contributed by atoms with E-state index in [0.29, 0.717) is 43.0 Å². The van der Waals surface area contributed by atoms with Gasteiger partial charge in [0, 0.05) is 29.6 Å². The molecule has 10 nitrogen and oxygen atoms in total. The number of rotatable bonds is 9. The second-order valence-corrected chi connectivity index (χ2v) is 15.5. The number of benzene rings is 4. The Balaban J connectivity index is 1.23. The van der Waals surface area contributed by atoms with Crippen LogP contribution in [-0.4, -0.2) is 66.9 Å². The quantitative estimate of drug-likeness (QED) is 0.214. The molecule has 4 aromatic carbocycles. The van der Waals surface area contributed by atoms with Crippen molar-refractivity contribution in [2.45, 2.75) is 69.9 Å². The lowest BCUT2D eigenvalue weighted by atomic mass is 9.63. The lowest BCUT2D eigenvalue weighted by Gasteiger charge is -2.40. The van der Waals surface area contributed by atoms with E-state index in [4.69, 9.17) is 14.2 Å². The van der Waals surface area contributed by atoms with E-state index in [2.05, 4.69) is 26.8 Å². The van der Waals surface area contributed by atoms with Crippen LogP contribution in [0.25, 0.3) is 0 Å². The number of nitrogens with zero attached hydrogens (tertiary/aromatic N) is 3. The zero-order valence-corrected chi connectivity index (χ0v) is 31.2. The summed E-state index contributed by atoms with van der Waals surface area (Å²) in [6.07, 6.45) is -0.519. The van der Waals surface area contributed by atoms with E-state index in [9.17, 15) is 14.7 Å². The van der Waals surface area contributed by atoms with Gasteiger partial charge in [-0.1, -0.05) is 87.5 Å². The number of methoxy groups -OCH3 is 1. The molecule has 2 fully saturated rings. The van der Waals surface area contributed by atoms with Gasteiger partial charge < -0.3 is 29.1 Å². The fourth-order valence-electron chi connectivity index (χ4n) is 9.55. The van der Waals surface area contributed by atoms with Crippen LogP contribution in [0.2, 0.25) is 0 Å². The van der Waals surface area contributed by atoms with Crippen molar-refractivity contribution in [2.24, 2.45) is 11.8 Å². The SMILES string of the molecule is COc1ccc(C(C)(C)[C@H]2[C@H](CC(=O)N3Cc4ccccc4C[C@H]3CO)O[C@@]3(C(=O)N(Cc4ccccc4)c4ccc(N5CCOC5=O)cc43)[C@@H]2C)cc1. The molecule has 1 N–H and O–H groups in total. The van der Waals surface area contributed by atoms with Crippen LogP contribution in [0.4, 0.5) is 16.2 Å². The van der Waals surface area contributed by atoms with Crippen molar-refractivity contribution in [1.29, 1.82) is 0 Å². The molecule has 0 radical (unpaired) electrons. The van der Waals surface area contributed by atoms with Gasteiger partial charge in [0.05, 0.1) is 51.1 Å². The third-order valence-electron chi connectivity index (χ3n) is 12.3. The van der Waals surface area contributed by atoms with Crippen molar-refractivity contribution < 1.29 is 33.7 Å². The maximum Gasteiger partial charge on any atom is 0.414 e. The molecule has 280 valence electrons. The summed E-state index contributed by atoms with van der Waals surface area (Å²) in [5, 5.41) is 10.5. The maximum atomic E-state index is 15.3. The zero-order chi connectivity index (χ0) is 37.8. The van der Waals surface area contributed by atoms with Crippen molar-refractivity contribution in [3.05, 3.63) is 125 Å². The number of ether oxygens (including phenoxy) is 3. The molecule has 10 heteroatoms. The van der Waals surface area contributed by atoms with Crippen molar-refractivity contribution in [2.75, 3.05) is 36.7 Å². The Morgan fingerprint density at radius 3 is 2.37 bits per heavy atom. The summed E-state index contributed by atoms with van der Waals surface area (Å²) < 4.78 is 18.1. The van der Waals surface area contributed by atoms with Gasteiger partial charge >= 0.3 is 6.09 Å². The van der Waals surface area contributed by atoms with Gasteiger partial charge in [-0.15, -0.1) is 0 Å². The smallest absolute Gasteiger partial charge is 0.414 e. The highest BCUT2D eigenvalue weighted by Gasteiger charge is 2.66. The topological polar surface area (TPSA) is 109 Å². The number of fused-ring (bicyclic) bond motifs is 3. The third-order valence-corrected chi connectivity index (χ3v) is 12.3. The number of anilines is 2. The predicted octanol–water partition coefficient (Wildman–Crippen LogP) is 6.36. The van der Waals surface area contributed by atoms with Crippen LogP contribution >= 0.6 is 0 Å². The average Bonchev–Trinajstić information content (AvgIpc) is 3.82. The van der Waals surface area contributed by atoms with Gasteiger partial charge in [-0.05, 0) is 64.4 Å². The Kier molecular flexibility index (Phi) is 9.22. The molecule has 0 bridgehead atoms. The Bertz CT molecular complexity index is 2070. The van der Waals surface area contributed by atoms with Crippen LogP contribution in [0.3, 0.4) is 0 Å². The normalized spacial score (nSPS) is 24.9. The van der Waals surface area contributed by atoms with Crippen LogP contribution in [0.15, 0.2) is 97.1 Å². The first-order valence-corrected chi connectivity index (χ1v) is 18.8. The van der Waals surface area contributed by atoms with Gasteiger partial charge in [0.1, 0.15) is 12.4 Å². The highest BCUT2D eigenvalue weighted by atomic mass is 16.6. The Morgan fingerprint density at radius 1 is 0.963 bits per heavy atom. The second kappa shape index (κ2) is 13.9. The highest BCUT2D eigenvalue weighted by molar-refractivity contribution is 6.08. The van der Waals surface area contributed by atoms with Crippen LogP contribution in [0.5, 0.6) is 5.75 Å². The van der Waals surface area contributed by atoms with Crippen molar-refractivity contribution in [1.82, 2.24) is 4.90 Å². The summed E-state index contributed by atoms with van der Waals surface area (Å²) in [4.78, 5) is 47.8. The minimum atomic E-state index is -1.45. The summed E-state index contributed by atoms with van der Waals surface area (Å²) in [6, 6.07) is 31.2. The second-order valence-electron chi connectivity index (χ2n) is 15.5. The molecular weight excluding hydrogens is 682 g/mol. The first-order chi connectivity index (χ1) is 26.1. The van der Waals surface area contributed by atoms with Crippen LogP contribution in [0.1, 0.15) is 55.0 Å². The van der Waals surface area contributed by atoms with Crippen LogP contribution in [0, 0.1) is 11.8 Å². The monoisotopic (exact) mass is 729 g/mol. The first-order valence-electron chi connectivity index (χ1n) is 18.8. The molecule has 4 aromatic rings. The van der Waals surface area contributed by atoms with E-state index in [1.165, 1.54) is 0 Å². The molecular formula is C44H47N3O7. The number of hydrogen-bond donors (Lipinski definition) is 1. The number of cyclic esters (lactones) is 1. The molecule has 0 unspecified atom stereocenters. The van der Waals surface area contributed by atoms with E-state index in [1.807, 2.05) is 91.0 Å². The summed E-state index contributed by atoms with van der Waals surface area (Å²) in [5.41, 5.74) is 4.19. The van der Waals surface area contributed by atoms with Crippen molar-refractivity contribution in [3.63, 3.8) is 0 Å². The molecule has 54 heavy (non-hydrogen) atoms. The Morgan fingerprint density at radius 2 is 1.69 bits per heavy atom. The minimum Gasteiger partial charge on any atom is -0.497 e. The lowest BCUT2D eigenvalue weighted by Crippen LogP contribution is -2.48. The molecule has 8 rings (SSSR count). The number of carbonyl (C=O) groups excluding carboxylic acids is 3. The van der Waals surface area contributed by atoms with E-state index in [1.54, 1.807) is 21.8 Å². The van der Waals surface area contributed by atoms with E-state index in [0.717, 1.165) is 28.0 Å². The number of aliphatic hydroxyl groups is 1. The Labute approximate surface area is 316 Å². The van der Waals surface area contributed by atoms with E-state index in [-0.39, 0.29) is 43.4 Å². The molecule has 3 amide bonds. The molecule has 4 aliphatic rings. The third kappa shape index (κ3) is 5.83. The number of carbonyl (C=O) groups is 3. The van der Waals surface area contributed by atoms with Crippen LogP contribution in [-0.2, 0) is 49.6 Å². The number of amides is 3. The summed E-state index contributed by atoms with van der Waals surface area (Å²) >= 11 is 0. The number of hydrogen-bond acceptors (Lipinski definition) is 7. The average molecular weight is 730 g/mol. The largest absolute Gasteiger partial charge is 0.497 e. The van der Waals surface area contributed by atoms with Gasteiger partial charge in [-0.2, -0.15) is 0 Å². The lowest BCUT2D eigenvalue weighted by molar-refractivity contribution is -0.151. The summed E-state index contributed by atoms with van der Waals surface area (Å²) in [7, 11) is 1.64. The standard InChI is InChI=1S/C44H47N3O7/c1-28-40(43(2,3)32-14-17-35(52-4)18-15-32)38(24-39(49)46-26-31-13-9-8-12-30(31)22-34(46)27-48)54-44(28)36-23-33(45-20-21-53-42(45)51)16-19-37(36)47(41(44)50)25-29-10-6-5-7-11-29/h5-19,23,28,34,38,40,48H,20-22,24-27H2,1-4H3/t28-,34+,38+,40-,44+/m1/s1. The zero-order valence-electron chi connectivity index (χ0n) is 31.2. The fraction of sp³-hybridized carbons (Fsp3) is 0.386. The molecule has 0 aromatic heterocycles. The van der Waals surface area contributed by atoms with Gasteiger partial charge in [0.2, 0.25) is 5.91 Å². The van der Waals surface area contributed by atoms with Crippen LogP contribution < -0.4 is 14.5 Å². The Hall–Kier alpha value is -5.19. The molecule has 2 saturated heterocycles. The molecule has 0 saturated carbocycles. The molecule has 1 spiro atoms. The minimum absolute atomic E-state index is 0.0223. The first kappa shape index (κ1) is 35.8.